The van der Waals surface area contributed by atoms with Gasteiger partial charge in [-0.3, -0.25) is 38.0 Å². The van der Waals surface area contributed by atoms with Crippen LogP contribution in [-0.2, 0) is 44.8 Å². The van der Waals surface area contributed by atoms with Gasteiger partial charge in [-0.2, -0.15) is 0 Å². The molecule has 0 saturated heterocycles. The van der Waals surface area contributed by atoms with Gasteiger partial charge in [0.1, 0.15) is 36.0 Å². The van der Waals surface area contributed by atoms with Crippen LogP contribution in [0, 0.1) is 11.8 Å². The number of carboxylic acids is 2. The van der Waals surface area contributed by atoms with Crippen LogP contribution in [0.3, 0.4) is 0 Å². The molecule has 0 aliphatic rings. The predicted molar refractivity (Wildman–Crippen MR) is 178 cm³/mol. The quantitative estimate of drug-likeness (QED) is 0.0632. The number of amides is 6. The maximum Gasteiger partial charge on any atom is 0.326 e. The van der Waals surface area contributed by atoms with Gasteiger partial charge in [0.15, 0.2) is 0 Å². The molecule has 0 aromatic heterocycles. The van der Waals surface area contributed by atoms with Crippen molar-refractivity contribution in [2.75, 3.05) is 6.67 Å². The molecule has 12 N–H and O–H groups in total. The van der Waals surface area contributed by atoms with Gasteiger partial charge in [-0.05, 0) is 48.8 Å². The van der Waals surface area contributed by atoms with Crippen LogP contribution in [0.5, 0.6) is 5.75 Å². The SMILES string of the molecule is CC(C)[C@H](NC(=O)[C@@H](NC(=O)[C@@H](N)Cc1ccc(O)cc1)C(C)C)C(=O)N[C@@H](CC(N)=O)C(=O)N[C@@H](CC(=O)O)C(=O)N[C@@H](CCCF)C(=O)O. The van der Waals surface area contributed by atoms with Crippen molar-refractivity contribution >= 4 is 47.4 Å². The fourth-order valence-corrected chi connectivity index (χ4v) is 4.69. The van der Waals surface area contributed by atoms with E-state index in [9.17, 15) is 58.1 Å². The van der Waals surface area contributed by atoms with Crippen LogP contribution in [0.4, 0.5) is 4.39 Å². The average Bonchev–Trinajstić information content (AvgIpc) is 3.03. The Morgan fingerprint density at radius 3 is 1.59 bits per heavy atom. The van der Waals surface area contributed by atoms with Crippen LogP contribution in [0.2, 0.25) is 0 Å². The van der Waals surface area contributed by atoms with Gasteiger partial charge in [0.2, 0.25) is 35.4 Å². The van der Waals surface area contributed by atoms with Crippen LogP contribution in [0.1, 0.15) is 58.9 Å². The zero-order valence-electron chi connectivity index (χ0n) is 28.8. The van der Waals surface area contributed by atoms with Gasteiger partial charge in [0.05, 0.1) is 25.6 Å². The lowest BCUT2D eigenvalue weighted by Crippen LogP contribution is -2.61. The molecule has 1 rings (SSSR count). The van der Waals surface area contributed by atoms with Crippen molar-refractivity contribution in [2.24, 2.45) is 23.3 Å². The molecule has 51 heavy (non-hydrogen) atoms. The number of aromatic hydroxyl groups is 1. The lowest BCUT2D eigenvalue weighted by Gasteiger charge is -2.29. The van der Waals surface area contributed by atoms with Gasteiger partial charge in [0.25, 0.3) is 0 Å². The molecule has 0 heterocycles. The summed E-state index contributed by atoms with van der Waals surface area (Å²) in [5.41, 5.74) is 12.0. The number of benzene rings is 1. The van der Waals surface area contributed by atoms with E-state index in [1.165, 1.54) is 12.1 Å². The first-order valence-electron chi connectivity index (χ1n) is 16.1. The Morgan fingerprint density at radius 1 is 0.686 bits per heavy atom. The maximum atomic E-state index is 13.4. The number of carbonyl (C=O) groups is 8. The number of aliphatic carboxylic acids is 2. The molecule has 6 atom stereocenters. The van der Waals surface area contributed by atoms with E-state index in [2.05, 4.69) is 21.3 Å². The molecule has 6 amide bonds. The van der Waals surface area contributed by atoms with Crippen molar-refractivity contribution < 1.29 is 58.1 Å². The van der Waals surface area contributed by atoms with E-state index in [0.717, 1.165) is 0 Å². The first kappa shape index (κ1) is 43.7. The Morgan fingerprint density at radius 2 is 1.14 bits per heavy atom. The van der Waals surface area contributed by atoms with Crippen molar-refractivity contribution in [1.82, 2.24) is 26.6 Å². The standard InChI is InChI=1S/C32H48FN7O11/c1-15(2)25(40-31(49)26(16(3)4)39-27(45)19(34)12-17-7-9-18(41)10-8-17)30(48)38-21(13-23(35)42)28(46)37-22(14-24(43)44)29(47)36-20(32(50)51)6-5-11-33/h7-10,15-16,19-22,25-26,41H,5-6,11-14,34H2,1-4H3,(H2,35,42)(H,36,47)(H,37,46)(H,38,48)(H,39,45)(H,40,49)(H,43,44)(H,50,51)/t19-,20-,21-,22-,25-,26-/m0/s1. The monoisotopic (exact) mass is 725 g/mol. The van der Waals surface area contributed by atoms with Gasteiger partial charge < -0.3 is 53.4 Å². The molecule has 0 aliphatic heterocycles. The first-order valence-corrected chi connectivity index (χ1v) is 16.1. The van der Waals surface area contributed by atoms with Gasteiger partial charge >= 0.3 is 11.9 Å². The van der Waals surface area contributed by atoms with E-state index in [1.807, 2.05) is 5.32 Å². The molecule has 0 bridgehead atoms. The van der Waals surface area contributed by atoms with Gasteiger partial charge in [-0.15, -0.1) is 0 Å². The van der Waals surface area contributed by atoms with Gasteiger partial charge in [-0.1, -0.05) is 39.8 Å². The molecule has 0 aliphatic carbocycles. The Balaban J connectivity index is 3.13. The minimum atomic E-state index is -1.88. The highest BCUT2D eigenvalue weighted by Gasteiger charge is 2.35. The number of nitrogens with two attached hydrogens (primary N) is 2. The molecular weight excluding hydrogens is 677 g/mol. The fraction of sp³-hybridized carbons (Fsp3) is 0.562. The topological polar surface area (TPSA) is 309 Å². The third kappa shape index (κ3) is 15.4. The Labute approximate surface area is 293 Å². The largest absolute Gasteiger partial charge is 0.508 e. The number of phenols is 1. The molecule has 1 aromatic carbocycles. The van der Waals surface area contributed by atoms with Crippen LogP contribution >= 0.6 is 0 Å². The molecule has 0 fully saturated rings. The van der Waals surface area contributed by atoms with Crippen molar-refractivity contribution in [3.63, 3.8) is 0 Å². The van der Waals surface area contributed by atoms with Crippen molar-refractivity contribution in [3.05, 3.63) is 29.8 Å². The summed E-state index contributed by atoms with van der Waals surface area (Å²) in [7, 11) is 0. The van der Waals surface area contributed by atoms with Crippen LogP contribution in [0.25, 0.3) is 0 Å². The molecule has 0 radical (unpaired) electrons. The number of carboxylic acid groups (broad SMARTS) is 2. The normalized spacial score (nSPS) is 14.6. The number of hydrogen-bond acceptors (Lipinski definition) is 10. The van der Waals surface area contributed by atoms with Crippen LogP contribution in [0.15, 0.2) is 24.3 Å². The summed E-state index contributed by atoms with van der Waals surface area (Å²) in [5, 5.41) is 39.6. The van der Waals surface area contributed by atoms with E-state index in [4.69, 9.17) is 11.5 Å². The zero-order valence-corrected chi connectivity index (χ0v) is 28.8. The fourth-order valence-electron chi connectivity index (χ4n) is 4.69. The highest BCUT2D eigenvalue weighted by molar-refractivity contribution is 5.98. The lowest BCUT2D eigenvalue weighted by atomic mass is 9.98. The third-order valence-corrected chi connectivity index (χ3v) is 7.51. The minimum absolute atomic E-state index is 0.0295. The summed E-state index contributed by atoms with van der Waals surface area (Å²) in [6.07, 6.45) is -2.33. The summed E-state index contributed by atoms with van der Waals surface area (Å²) >= 11 is 0. The van der Waals surface area contributed by atoms with Crippen LogP contribution in [-0.4, -0.2) is 106 Å². The second-order valence-electron chi connectivity index (χ2n) is 12.6. The van der Waals surface area contributed by atoms with Gasteiger partial charge in [-0.25, -0.2) is 4.79 Å². The number of halogens is 1. The predicted octanol–water partition coefficient (Wildman–Crippen LogP) is -1.82. The molecule has 18 nitrogen and oxygen atoms in total. The number of carbonyl (C=O) groups excluding carboxylic acids is 6. The molecule has 1 aromatic rings. The van der Waals surface area contributed by atoms with E-state index >= 15 is 0 Å². The summed E-state index contributed by atoms with van der Waals surface area (Å²) in [4.78, 5) is 101. The lowest BCUT2D eigenvalue weighted by molar-refractivity contribution is -0.144. The highest BCUT2D eigenvalue weighted by atomic mass is 19.1. The smallest absolute Gasteiger partial charge is 0.326 e. The number of hydrogen-bond donors (Lipinski definition) is 10. The van der Waals surface area contributed by atoms with E-state index in [1.54, 1.807) is 39.8 Å². The minimum Gasteiger partial charge on any atom is -0.508 e. The third-order valence-electron chi connectivity index (χ3n) is 7.51. The molecule has 0 unspecified atom stereocenters. The second-order valence-corrected chi connectivity index (χ2v) is 12.6. The molecule has 0 saturated carbocycles. The summed E-state index contributed by atoms with van der Waals surface area (Å²) < 4.78 is 12.6. The summed E-state index contributed by atoms with van der Waals surface area (Å²) in [6, 6.07) is -2.83. The van der Waals surface area contributed by atoms with Crippen molar-refractivity contribution in [2.45, 2.75) is 96.1 Å². The average molecular weight is 726 g/mol. The number of rotatable bonds is 22. The molecule has 0 spiro atoms. The molecule has 19 heteroatoms. The molecule has 284 valence electrons. The molecular formula is C32H48FN7O11. The zero-order chi connectivity index (χ0) is 39.0. The van der Waals surface area contributed by atoms with Crippen LogP contribution < -0.4 is 38.1 Å². The van der Waals surface area contributed by atoms with E-state index in [-0.39, 0.29) is 25.0 Å². The Kier molecular flexibility index (Phi) is 18.0. The number of nitrogens with one attached hydrogen (secondary N) is 5. The summed E-state index contributed by atoms with van der Waals surface area (Å²) in [6.45, 7) is 5.50. The van der Waals surface area contributed by atoms with Gasteiger partial charge in [0, 0.05) is 0 Å². The van der Waals surface area contributed by atoms with E-state index in [0.29, 0.717) is 5.56 Å². The Hall–Kier alpha value is -5.33. The number of alkyl halides is 1. The Bertz CT molecular complexity index is 1410. The maximum absolute atomic E-state index is 13.4. The van der Waals surface area contributed by atoms with E-state index < -0.39 is 115 Å². The first-order chi connectivity index (χ1) is 23.8. The second kappa shape index (κ2) is 21.0. The summed E-state index contributed by atoms with van der Waals surface area (Å²) in [5.74, 6) is -10.2. The highest BCUT2D eigenvalue weighted by Crippen LogP contribution is 2.12. The van der Waals surface area contributed by atoms with Crippen molar-refractivity contribution in [3.8, 4) is 5.75 Å². The number of phenolic OH excluding ortho intramolecular Hbond substituents is 1. The van der Waals surface area contributed by atoms with Crippen molar-refractivity contribution in [1.29, 1.82) is 0 Å². The number of primary amides is 1.